The zero-order chi connectivity index (χ0) is 20.8. The molecule has 1 aromatic carbocycles. The van der Waals surface area contributed by atoms with Gasteiger partial charge in [0.05, 0.1) is 21.8 Å². The molecule has 0 radical (unpaired) electrons. The van der Waals surface area contributed by atoms with Gasteiger partial charge in [0.2, 0.25) is 0 Å². The lowest BCUT2D eigenvalue weighted by atomic mass is 10.1. The molecule has 0 saturated heterocycles. The van der Waals surface area contributed by atoms with Crippen LogP contribution in [0.1, 0.15) is 16.8 Å². The summed E-state index contributed by atoms with van der Waals surface area (Å²) >= 11 is 1.56. The SMILES string of the molecule is CN(C(=O)C1=C(N)c2ccc(-c3cccs3)nc2C1)c1cccc(C(F)(F)F)c1. The lowest BCUT2D eigenvalue weighted by Crippen LogP contribution is -2.29. The van der Waals surface area contributed by atoms with Crippen molar-refractivity contribution in [2.75, 3.05) is 11.9 Å². The van der Waals surface area contributed by atoms with Gasteiger partial charge in [-0.25, -0.2) is 0 Å². The van der Waals surface area contributed by atoms with E-state index in [0.29, 0.717) is 22.5 Å². The van der Waals surface area contributed by atoms with Crippen molar-refractivity contribution in [3.8, 4) is 10.6 Å². The van der Waals surface area contributed by atoms with E-state index in [0.717, 1.165) is 22.7 Å². The van der Waals surface area contributed by atoms with Crippen LogP contribution in [0.15, 0.2) is 59.5 Å². The minimum atomic E-state index is -4.48. The summed E-state index contributed by atoms with van der Waals surface area (Å²) in [4.78, 5) is 19.8. The van der Waals surface area contributed by atoms with E-state index in [1.165, 1.54) is 24.1 Å². The molecule has 0 fully saturated rings. The Bertz CT molecular complexity index is 1120. The van der Waals surface area contributed by atoms with Crippen LogP contribution in [0.5, 0.6) is 0 Å². The Kier molecular flexibility index (Phi) is 4.66. The van der Waals surface area contributed by atoms with Gasteiger partial charge in [-0.15, -0.1) is 11.3 Å². The molecular weight excluding hydrogens is 399 g/mol. The van der Waals surface area contributed by atoms with Crippen molar-refractivity contribution >= 4 is 28.6 Å². The summed E-state index contributed by atoms with van der Waals surface area (Å²) in [7, 11) is 1.44. The number of alkyl halides is 3. The van der Waals surface area contributed by atoms with Gasteiger partial charge < -0.3 is 10.6 Å². The molecular formula is C21H16F3N3OS. The van der Waals surface area contributed by atoms with Crippen molar-refractivity contribution in [2.24, 2.45) is 5.73 Å². The lowest BCUT2D eigenvalue weighted by Gasteiger charge is -2.19. The third kappa shape index (κ3) is 3.51. The van der Waals surface area contributed by atoms with E-state index in [1.807, 2.05) is 29.6 Å². The molecule has 1 aliphatic rings. The van der Waals surface area contributed by atoms with Crippen molar-refractivity contribution in [1.82, 2.24) is 4.98 Å². The van der Waals surface area contributed by atoms with Crippen LogP contribution in [-0.2, 0) is 17.4 Å². The Morgan fingerprint density at radius 3 is 2.66 bits per heavy atom. The second-order valence-corrected chi connectivity index (χ2v) is 7.60. The number of aromatic nitrogens is 1. The number of benzene rings is 1. The minimum absolute atomic E-state index is 0.147. The van der Waals surface area contributed by atoms with E-state index in [4.69, 9.17) is 5.73 Å². The molecule has 2 heterocycles. The minimum Gasteiger partial charge on any atom is -0.398 e. The van der Waals surface area contributed by atoms with Gasteiger partial charge in [-0.05, 0) is 41.8 Å². The number of amides is 1. The van der Waals surface area contributed by atoms with E-state index in [2.05, 4.69) is 4.98 Å². The van der Waals surface area contributed by atoms with Gasteiger partial charge in [-0.3, -0.25) is 9.78 Å². The van der Waals surface area contributed by atoms with Gasteiger partial charge in [0, 0.05) is 36.0 Å². The molecule has 0 unspecified atom stereocenters. The molecule has 8 heteroatoms. The quantitative estimate of drug-likeness (QED) is 0.674. The molecule has 148 valence electrons. The number of pyridine rings is 1. The summed E-state index contributed by atoms with van der Waals surface area (Å²) < 4.78 is 39.0. The maximum Gasteiger partial charge on any atom is 0.416 e. The van der Waals surface area contributed by atoms with Gasteiger partial charge in [0.25, 0.3) is 5.91 Å². The number of hydrogen-bond acceptors (Lipinski definition) is 4. The van der Waals surface area contributed by atoms with Crippen LogP contribution in [-0.4, -0.2) is 17.9 Å². The lowest BCUT2D eigenvalue weighted by molar-refractivity contribution is -0.137. The zero-order valence-electron chi connectivity index (χ0n) is 15.3. The van der Waals surface area contributed by atoms with Crippen LogP contribution in [0.2, 0.25) is 0 Å². The normalized spacial score (nSPS) is 13.5. The van der Waals surface area contributed by atoms with Gasteiger partial charge >= 0.3 is 6.18 Å². The summed E-state index contributed by atoms with van der Waals surface area (Å²) in [6.45, 7) is 0. The largest absolute Gasteiger partial charge is 0.416 e. The standard InChI is InChI=1S/C21H16F3N3OS/c1-27(13-5-2-4-12(10-13)21(22,23)24)20(28)15-11-17-14(19(15)25)7-8-16(26-17)18-6-3-9-29-18/h2-10H,11,25H2,1H3. The van der Waals surface area contributed by atoms with Gasteiger partial charge in [0.1, 0.15) is 0 Å². The highest BCUT2D eigenvalue weighted by molar-refractivity contribution is 7.13. The second-order valence-electron chi connectivity index (χ2n) is 6.65. The van der Waals surface area contributed by atoms with Crippen molar-refractivity contribution in [3.63, 3.8) is 0 Å². The molecule has 1 aliphatic carbocycles. The maximum absolute atomic E-state index is 13.0. The number of carbonyl (C=O) groups is 1. The van der Waals surface area contributed by atoms with E-state index in [9.17, 15) is 18.0 Å². The Balaban J connectivity index is 1.61. The number of rotatable bonds is 3. The molecule has 3 aromatic rings. The molecule has 4 rings (SSSR count). The van der Waals surface area contributed by atoms with Crippen LogP contribution in [0.3, 0.4) is 0 Å². The summed E-state index contributed by atoms with van der Waals surface area (Å²) in [6, 6.07) is 12.2. The van der Waals surface area contributed by atoms with Gasteiger partial charge in [-0.2, -0.15) is 13.2 Å². The highest BCUT2D eigenvalue weighted by Gasteiger charge is 2.32. The number of anilines is 1. The molecule has 2 aromatic heterocycles. The summed E-state index contributed by atoms with van der Waals surface area (Å²) in [5, 5.41) is 1.95. The predicted molar refractivity (Wildman–Crippen MR) is 107 cm³/mol. The van der Waals surface area contributed by atoms with Crippen molar-refractivity contribution in [1.29, 1.82) is 0 Å². The molecule has 2 N–H and O–H groups in total. The third-order valence-electron chi connectivity index (χ3n) is 4.83. The van der Waals surface area contributed by atoms with Gasteiger partial charge in [0.15, 0.2) is 0 Å². The summed E-state index contributed by atoms with van der Waals surface area (Å²) in [6.07, 6.45) is -4.24. The van der Waals surface area contributed by atoms with Crippen LogP contribution in [0.4, 0.5) is 18.9 Å². The van der Waals surface area contributed by atoms with Crippen LogP contribution in [0.25, 0.3) is 16.3 Å². The number of carbonyl (C=O) groups excluding carboxylic acids is 1. The molecule has 0 bridgehead atoms. The Hall–Kier alpha value is -3.13. The Labute approximate surface area is 169 Å². The molecule has 0 aliphatic heterocycles. The van der Waals surface area contributed by atoms with Crippen LogP contribution >= 0.6 is 11.3 Å². The molecule has 29 heavy (non-hydrogen) atoms. The highest BCUT2D eigenvalue weighted by atomic mass is 32.1. The number of fused-ring (bicyclic) bond motifs is 1. The van der Waals surface area contributed by atoms with E-state index in [1.54, 1.807) is 11.3 Å². The molecule has 0 spiro atoms. The first-order chi connectivity index (χ1) is 13.8. The third-order valence-corrected chi connectivity index (χ3v) is 5.72. The first-order valence-electron chi connectivity index (χ1n) is 8.74. The zero-order valence-corrected chi connectivity index (χ0v) is 16.1. The Morgan fingerprint density at radius 1 is 1.17 bits per heavy atom. The number of likely N-dealkylation sites (N-methyl/N-ethyl adjacent to an activating group) is 1. The number of thiophene rings is 1. The second kappa shape index (κ2) is 7.04. The number of nitrogens with zero attached hydrogens (tertiary/aromatic N) is 2. The molecule has 0 saturated carbocycles. The van der Waals surface area contributed by atoms with E-state index in [-0.39, 0.29) is 12.1 Å². The fraction of sp³-hybridized carbons (Fsp3) is 0.143. The fourth-order valence-electron chi connectivity index (χ4n) is 3.27. The van der Waals surface area contributed by atoms with Crippen LogP contribution in [0, 0.1) is 0 Å². The number of halogens is 3. The Morgan fingerprint density at radius 2 is 1.97 bits per heavy atom. The highest BCUT2D eigenvalue weighted by Crippen LogP contribution is 2.35. The van der Waals surface area contributed by atoms with Crippen molar-refractivity contribution in [2.45, 2.75) is 12.6 Å². The maximum atomic E-state index is 13.0. The predicted octanol–water partition coefficient (Wildman–Crippen LogP) is 4.72. The molecule has 4 nitrogen and oxygen atoms in total. The first-order valence-corrected chi connectivity index (χ1v) is 9.62. The van der Waals surface area contributed by atoms with E-state index >= 15 is 0 Å². The smallest absolute Gasteiger partial charge is 0.398 e. The number of hydrogen-bond donors (Lipinski definition) is 1. The average molecular weight is 415 g/mol. The topological polar surface area (TPSA) is 59.2 Å². The van der Waals surface area contributed by atoms with Crippen LogP contribution < -0.4 is 10.6 Å². The van der Waals surface area contributed by atoms with Crippen molar-refractivity contribution in [3.05, 3.63) is 76.3 Å². The number of nitrogens with two attached hydrogens (primary N) is 1. The average Bonchev–Trinajstić information content (AvgIpc) is 3.34. The first kappa shape index (κ1) is 19.2. The summed E-state index contributed by atoms with van der Waals surface area (Å²) in [5.74, 6) is -0.447. The molecule has 1 amide bonds. The fourth-order valence-corrected chi connectivity index (χ4v) is 3.96. The van der Waals surface area contributed by atoms with E-state index < -0.39 is 17.6 Å². The summed E-state index contributed by atoms with van der Waals surface area (Å²) in [5.41, 5.74) is 8.34. The van der Waals surface area contributed by atoms with Crippen molar-refractivity contribution < 1.29 is 18.0 Å². The monoisotopic (exact) mass is 415 g/mol. The van der Waals surface area contributed by atoms with Gasteiger partial charge in [-0.1, -0.05) is 12.1 Å². The molecule has 0 atom stereocenters.